The molecule has 0 aliphatic rings. The summed E-state index contributed by atoms with van der Waals surface area (Å²) >= 11 is 0. The van der Waals surface area contributed by atoms with E-state index in [-0.39, 0.29) is 0 Å². The van der Waals surface area contributed by atoms with Crippen LogP contribution >= 0.6 is 0 Å². The summed E-state index contributed by atoms with van der Waals surface area (Å²) < 4.78 is 4.81. The van der Waals surface area contributed by atoms with Gasteiger partial charge in [0.1, 0.15) is 0 Å². The molecule has 0 N–H and O–H groups in total. The van der Waals surface area contributed by atoms with Crippen molar-refractivity contribution < 1.29 is 4.65 Å². The second-order valence-corrected chi connectivity index (χ2v) is 8.45. The summed E-state index contributed by atoms with van der Waals surface area (Å²) in [6.07, 6.45) is 0. The van der Waals surface area contributed by atoms with Gasteiger partial charge in [0, 0.05) is 0 Å². The summed E-state index contributed by atoms with van der Waals surface area (Å²) in [5, 5.41) is 0. The standard InChI is InChI=1S/CH3B44O/c1-46-45-44-43-42-41-40-39-38-37-36-35-34-33-32-31-30-29-28-27-26-25-24-23-22-21-20-19-18-17-16-15-14-13-12-11-10-9-8-7-6-5-4-3-2/h1H3. The number of hydrogen-bond acceptors (Lipinski definition) is 1. The Morgan fingerprint density at radius 3 is 0.478 bits per heavy atom. The van der Waals surface area contributed by atoms with E-state index < -0.39 is 0 Å². The predicted octanol–water partition coefficient (Wildman–Crippen LogP) is -16.7. The van der Waals surface area contributed by atoms with Crippen LogP contribution in [-0.4, -0.2) is 303 Å². The molecule has 0 atom stereocenters. The third kappa shape index (κ3) is 46.7. The summed E-state index contributed by atoms with van der Waals surface area (Å²) in [7, 11) is 8.49. The van der Waals surface area contributed by atoms with Gasteiger partial charge < -0.3 is 0 Å². The Bertz CT molecular complexity index is 1400. The minimum atomic E-state index is 1.50. The van der Waals surface area contributed by atoms with Crippen molar-refractivity contribution >= 4 is 295 Å². The number of rotatable bonds is 22. The fourth-order valence-corrected chi connectivity index (χ4v) is 2.69. The van der Waals surface area contributed by atoms with Crippen LogP contribution in [0.1, 0.15) is 0 Å². The molecule has 0 saturated carbocycles. The van der Waals surface area contributed by atoms with Crippen LogP contribution in [-0.2, 0) is 4.65 Å². The molecule has 0 aromatic carbocycles. The van der Waals surface area contributed by atoms with Crippen molar-refractivity contribution in [1.29, 1.82) is 0 Å². The maximum absolute atomic E-state index is 5.25. The van der Waals surface area contributed by atoms with Crippen LogP contribution in [0.3, 0.4) is 0 Å². The summed E-state index contributed by atoms with van der Waals surface area (Å²) in [4.78, 5) is 0. The quantitative estimate of drug-likeness (QED) is 0.133. The zero-order valence-electron chi connectivity index (χ0n) is 26.8. The van der Waals surface area contributed by atoms with Gasteiger partial charge in [0.15, 0.2) is 0 Å². The number of hydrogen-bond donors (Lipinski definition) is 0. The summed E-state index contributed by atoms with van der Waals surface area (Å²) in [5.41, 5.74) is 0. The third-order valence-electron chi connectivity index (χ3n) is 4.77. The first-order valence-electron chi connectivity index (χ1n) is 15.0. The molecule has 0 aromatic rings. The van der Waals surface area contributed by atoms with E-state index in [4.69, 9.17) is 12.0 Å². The van der Waals surface area contributed by atoms with E-state index in [1.165, 1.54) is 6.69 Å². The molecule has 0 rings (SSSR count). The van der Waals surface area contributed by atoms with E-state index in [0.29, 0.717) is 0 Å². The maximum atomic E-state index is 5.25. The van der Waals surface area contributed by atoms with Gasteiger partial charge in [-0.1, -0.05) is 0 Å². The second kappa shape index (κ2) is 47.7. The van der Waals surface area contributed by atoms with E-state index >= 15 is 0 Å². The van der Waals surface area contributed by atoms with Crippen LogP contribution in [0.2, 0.25) is 0 Å². The van der Waals surface area contributed by atoms with Crippen LogP contribution in [0.15, 0.2) is 0 Å². The molecule has 0 aromatic heterocycles. The van der Waals surface area contributed by atoms with Crippen molar-refractivity contribution in [1.82, 2.24) is 0 Å². The third-order valence-corrected chi connectivity index (χ3v) is 4.77. The van der Waals surface area contributed by atoms with Gasteiger partial charge in [0.25, 0.3) is 0 Å². The van der Waals surface area contributed by atoms with E-state index in [9.17, 15) is 0 Å². The van der Waals surface area contributed by atoms with E-state index in [1.54, 1.807) is 20.8 Å². The second-order valence-electron chi connectivity index (χ2n) is 8.45. The topological polar surface area (TPSA) is 9.23 Å². The van der Waals surface area contributed by atoms with Crippen molar-refractivity contribution in [3.8, 4) is 0 Å². The molecule has 0 aliphatic heterocycles. The first-order valence-corrected chi connectivity index (χ1v) is 15.0. The molecule has 0 fully saturated rings. The SMILES string of the molecule is [B]=BB=BB=BB=BB=BB=BB=BB=BB=BB=BB=BB=BB=BB=BB=BB=BB=BB=BB=BB=BB=BB=BOC. The van der Waals surface area contributed by atoms with Gasteiger partial charge in [-0.15, -0.1) is 0 Å². The molecule has 0 saturated heterocycles. The molecular formula is CH3B44O. The zero-order chi connectivity index (χ0) is 33.1. The van der Waals surface area contributed by atoms with Crippen molar-refractivity contribution in [3.05, 3.63) is 0 Å². The van der Waals surface area contributed by atoms with Crippen LogP contribution in [0, 0.1) is 0 Å². The molecule has 0 spiro atoms. The van der Waals surface area contributed by atoms with Crippen LogP contribution < -0.4 is 0 Å². The zero-order valence-corrected chi connectivity index (χ0v) is 26.8. The van der Waals surface area contributed by atoms with E-state index in [0.717, 1.165) is 0 Å². The monoisotopic (exact) mass is 515 g/mol. The molecule has 145 valence electrons. The first kappa shape index (κ1) is 48.7. The average molecular weight is 507 g/mol. The summed E-state index contributed by atoms with van der Waals surface area (Å²) in [5.74, 6) is 0. The fraction of sp³-hybridized carbons (Fsp3) is 1.00. The molecule has 0 aliphatic carbocycles. The molecular weight excluding hydrogens is 504 g/mol. The molecule has 46 heavy (non-hydrogen) atoms. The molecule has 1 nitrogen and oxygen atoms in total. The summed E-state index contributed by atoms with van der Waals surface area (Å²) in [6.45, 7) is 82.2. The van der Waals surface area contributed by atoms with Crippen molar-refractivity contribution in [2.75, 3.05) is 7.11 Å². The van der Waals surface area contributed by atoms with Gasteiger partial charge in [-0.2, -0.15) is 0 Å². The van der Waals surface area contributed by atoms with Gasteiger partial charge in [-0.25, -0.2) is 0 Å². The Morgan fingerprint density at radius 1 is 0.217 bits per heavy atom. The van der Waals surface area contributed by atoms with Gasteiger partial charge in [-0.3, -0.25) is 0 Å². The molecule has 0 amide bonds. The molecule has 0 bridgehead atoms. The Kier molecular flexibility index (Phi) is 50.4. The molecule has 0 heterocycles. The fourth-order valence-electron chi connectivity index (χ4n) is 2.69. The van der Waals surface area contributed by atoms with Crippen LogP contribution in [0.4, 0.5) is 0 Å². The van der Waals surface area contributed by atoms with Crippen molar-refractivity contribution in [3.63, 3.8) is 0 Å². The first-order chi connectivity index (χ1) is 22.9. The Hall–Kier alpha value is 2.66. The Labute approximate surface area is 305 Å². The van der Waals surface area contributed by atoms with Crippen molar-refractivity contribution in [2.24, 2.45) is 0 Å². The Balaban J connectivity index is 4.04. The Morgan fingerprint density at radius 2 is 0.348 bits per heavy atom. The molecule has 0 unspecified atom stereocenters. The van der Waals surface area contributed by atoms with Crippen LogP contribution in [0.25, 0.3) is 0 Å². The van der Waals surface area contributed by atoms with E-state index in [2.05, 4.69) is 0 Å². The minimum absolute atomic E-state index is 1.50. The summed E-state index contributed by atoms with van der Waals surface area (Å²) in [6, 6.07) is 0. The van der Waals surface area contributed by atoms with E-state index in [1.807, 2.05) is 268 Å². The van der Waals surface area contributed by atoms with Gasteiger partial charge in [0.2, 0.25) is 0 Å². The van der Waals surface area contributed by atoms with Gasteiger partial charge >= 0.3 is 307 Å². The predicted molar refractivity (Wildman–Crippen MR) is 260 cm³/mol. The normalized spacial score (nSPS) is 7.65. The van der Waals surface area contributed by atoms with Crippen LogP contribution in [0.5, 0.6) is 0 Å². The average Bonchev–Trinajstić information content (AvgIpc) is 3.07. The van der Waals surface area contributed by atoms with Gasteiger partial charge in [-0.05, 0) is 0 Å². The van der Waals surface area contributed by atoms with Gasteiger partial charge in [0.05, 0.1) is 0 Å². The molecule has 1 radical (unpaired) electrons. The molecule has 45 heteroatoms. The van der Waals surface area contributed by atoms with Crippen molar-refractivity contribution in [2.45, 2.75) is 0 Å².